The quantitative estimate of drug-likeness (QED) is 0.363. The predicted octanol–water partition coefficient (Wildman–Crippen LogP) is 4.57. The molecule has 1 heterocycles. The Balaban J connectivity index is 1.69. The molecule has 1 aliphatic rings. The smallest absolute Gasteiger partial charge is 0.257 e. The molecule has 0 radical (unpaired) electrons. The molecule has 3 aromatic carbocycles. The van der Waals surface area contributed by atoms with Crippen LogP contribution in [0.1, 0.15) is 27.9 Å². The fraction of sp³-hybridized carbons (Fsp3) is 0.160. The van der Waals surface area contributed by atoms with E-state index in [0.29, 0.717) is 11.3 Å². The van der Waals surface area contributed by atoms with E-state index < -0.39 is 6.04 Å². The van der Waals surface area contributed by atoms with Crippen LogP contribution in [0, 0.1) is 10.5 Å². The number of hydrogen-bond acceptors (Lipinski definition) is 3. The lowest BCUT2D eigenvalue weighted by atomic mass is 10.1. The third-order valence-electron chi connectivity index (χ3n) is 5.31. The summed E-state index contributed by atoms with van der Waals surface area (Å²) in [5.41, 5.74) is 2.89. The van der Waals surface area contributed by atoms with Gasteiger partial charge in [0.1, 0.15) is 6.04 Å². The van der Waals surface area contributed by atoms with Crippen molar-refractivity contribution in [2.75, 3.05) is 4.90 Å². The number of rotatable bonds is 5. The normalized spacial score (nSPS) is 15.9. The zero-order valence-electron chi connectivity index (χ0n) is 17.0. The third kappa shape index (κ3) is 4.54. The fourth-order valence-electron chi connectivity index (χ4n) is 3.77. The average Bonchev–Trinajstić information content (AvgIpc) is 3.06. The molecule has 4 rings (SSSR count). The summed E-state index contributed by atoms with van der Waals surface area (Å²) in [5.74, 6) is -0.933. The Bertz CT molecular complexity index is 1130. The molecule has 156 valence electrons. The number of anilines is 1. The van der Waals surface area contributed by atoms with Gasteiger partial charge in [-0.2, -0.15) is 0 Å². The van der Waals surface area contributed by atoms with E-state index in [1.165, 1.54) is 9.80 Å². The van der Waals surface area contributed by atoms with Crippen LogP contribution >= 0.6 is 22.6 Å². The highest BCUT2D eigenvalue weighted by molar-refractivity contribution is 14.1. The number of amides is 3. The van der Waals surface area contributed by atoms with Crippen LogP contribution in [0.4, 0.5) is 5.69 Å². The van der Waals surface area contributed by atoms with Crippen LogP contribution in [0.25, 0.3) is 0 Å². The minimum Gasteiger partial charge on any atom is -0.322 e. The molecule has 1 atom stereocenters. The van der Waals surface area contributed by atoms with E-state index in [9.17, 15) is 14.4 Å². The molecule has 3 amide bonds. The minimum atomic E-state index is -0.847. The fourth-order valence-corrected chi connectivity index (χ4v) is 4.13. The number of nitrogens with zero attached hydrogens (tertiary/aromatic N) is 2. The average molecular weight is 524 g/mol. The predicted molar refractivity (Wildman–Crippen MR) is 128 cm³/mol. The van der Waals surface area contributed by atoms with Crippen LogP contribution in [0.2, 0.25) is 0 Å². The highest BCUT2D eigenvalue weighted by Gasteiger charge is 2.44. The molecule has 1 saturated heterocycles. The summed E-state index contributed by atoms with van der Waals surface area (Å²) < 4.78 is 1.01. The Kier molecular flexibility index (Phi) is 6.18. The van der Waals surface area contributed by atoms with Gasteiger partial charge < -0.3 is 4.90 Å². The van der Waals surface area contributed by atoms with Crippen molar-refractivity contribution >= 4 is 46.0 Å². The lowest BCUT2D eigenvalue weighted by molar-refractivity contribution is -0.122. The first-order valence-corrected chi connectivity index (χ1v) is 11.1. The van der Waals surface area contributed by atoms with Crippen LogP contribution in [0.15, 0.2) is 78.9 Å². The topological polar surface area (TPSA) is 57.7 Å². The summed E-state index contributed by atoms with van der Waals surface area (Å²) in [4.78, 5) is 42.4. The summed E-state index contributed by atoms with van der Waals surface area (Å²) in [6.07, 6.45) is -0.0325. The van der Waals surface area contributed by atoms with Crippen molar-refractivity contribution in [3.63, 3.8) is 0 Å². The van der Waals surface area contributed by atoms with Crippen LogP contribution in [0.3, 0.4) is 0 Å². The van der Waals surface area contributed by atoms with Gasteiger partial charge in [0.05, 0.1) is 12.1 Å². The van der Waals surface area contributed by atoms with E-state index in [1.54, 1.807) is 24.3 Å². The summed E-state index contributed by atoms with van der Waals surface area (Å²) in [6, 6.07) is 23.2. The molecule has 0 aromatic heterocycles. The molecule has 0 aliphatic carbocycles. The Hall–Kier alpha value is -3.00. The Morgan fingerprint density at radius 2 is 1.71 bits per heavy atom. The van der Waals surface area contributed by atoms with E-state index in [-0.39, 0.29) is 30.7 Å². The van der Waals surface area contributed by atoms with Gasteiger partial charge in [-0.05, 0) is 71.5 Å². The van der Waals surface area contributed by atoms with Gasteiger partial charge in [-0.25, -0.2) is 4.90 Å². The second-order valence-corrected chi connectivity index (χ2v) is 8.80. The van der Waals surface area contributed by atoms with E-state index >= 15 is 0 Å². The van der Waals surface area contributed by atoms with Crippen molar-refractivity contribution < 1.29 is 14.4 Å². The number of hydrogen-bond donors (Lipinski definition) is 0. The van der Waals surface area contributed by atoms with Crippen LogP contribution in [-0.2, 0) is 16.1 Å². The number of carbonyl (C=O) groups is 3. The Morgan fingerprint density at radius 1 is 1.00 bits per heavy atom. The van der Waals surface area contributed by atoms with Gasteiger partial charge in [-0.15, -0.1) is 0 Å². The van der Waals surface area contributed by atoms with Crippen molar-refractivity contribution in [2.24, 2.45) is 0 Å². The maximum atomic E-state index is 13.5. The maximum absolute atomic E-state index is 13.5. The van der Waals surface area contributed by atoms with Gasteiger partial charge in [0.15, 0.2) is 0 Å². The number of carbonyl (C=O) groups excluding carboxylic acids is 3. The van der Waals surface area contributed by atoms with E-state index in [2.05, 4.69) is 22.6 Å². The second kappa shape index (κ2) is 9.01. The number of imide groups is 1. The molecule has 0 spiro atoms. The molecule has 0 bridgehead atoms. The molecule has 0 saturated carbocycles. The van der Waals surface area contributed by atoms with Crippen molar-refractivity contribution in [3.05, 3.63) is 99.1 Å². The van der Waals surface area contributed by atoms with Gasteiger partial charge in [0.2, 0.25) is 5.91 Å². The van der Waals surface area contributed by atoms with Crippen molar-refractivity contribution in [1.82, 2.24) is 4.90 Å². The van der Waals surface area contributed by atoms with Crippen molar-refractivity contribution in [1.29, 1.82) is 0 Å². The monoisotopic (exact) mass is 524 g/mol. The first kappa shape index (κ1) is 21.2. The molecule has 1 aliphatic heterocycles. The van der Waals surface area contributed by atoms with Crippen LogP contribution in [-0.4, -0.2) is 28.7 Å². The SMILES string of the molecule is Cc1cccc(C(=O)N(Cc2ccccc2)C2CC(=O)N(c3ccc(I)cc3)C2=O)c1. The molecule has 1 unspecified atom stereocenters. The lowest BCUT2D eigenvalue weighted by Crippen LogP contribution is -2.45. The summed E-state index contributed by atoms with van der Waals surface area (Å²) in [6.45, 7) is 2.17. The highest BCUT2D eigenvalue weighted by Crippen LogP contribution is 2.28. The zero-order chi connectivity index (χ0) is 22.0. The van der Waals surface area contributed by atoms with Crippen molar-refractivity contribution in [2.45, 2.75) is 25.9 Å². The molecule has 1 fully saturated rings. The first-order valence-electron chi connectivity index (χ1n) is 9.98. The number of aryl methyl sites for hydroxylation is 1. The maximum Gasteiger partial charge on any atom is 0.257 e. The second-order valence-electron chi connectivity index (χ2n) is 7.55. The van der Waals surface area contributed by atoms with E-state index in [0.717, 1.165) is 14.7 Å². The number of benzene rings is 3. The Labute approximate surface area is 194 Å². The van der Waals surface area contributed by atoms with Gasteiger partial charge >= 0.3 is 0 Å². The van der Waals surface area contributed by atoms with Crippen LogP contribution in [0.5, 0.6) is 0 Å². The summed E-state index contributed by atoms with van der Waals surface area (Å²) in [7, 11) is 0. The molecule has 5 nitrogen and oxygen atoms in total. The van der Waals surface area contributed by atoms with Crippen molar-refractivity contribution in [3.8, 4) is 0 Å². The van der Waals surface area contributed by atoms with Gasteiger partial charge in [0.25, 0.3) is 11.8 Å². The molecule has 6 heteroatoms. The van der Waals surface area contributed by atoms with Crippen LogP contribution < -0.4 is 4.90 Å². The largest absolute Gasteiger partial charge is 0.322 e. The molecule has 3 aromatic rings. The standard InChI is InChI=1S/C25H21IN2O3/c1-17-6-5-9-19(14-17)24(30)27(16-18-7-3-2-4-8-18)22-15-23(29)28(25(22)31)21-12-10-20(26)11-13-21/h2-14,22H,15-16H2,1H3. The lowest BCUT2D eigenvalue weighted by Gasteiger charge is -2.28. The summed E-state index contributed by atoms with van der Waals surface area (Å²) in [5, 5.41) is 0. The molecule has 0 N–H and O–H groups in total. The summed E-state index contributed by atoms with van der Waals surface area (Å²) >= 11 is 2.17. The van der Waals surface area contributed by atoms with Gasteiger partial charge in [-0.3, -0.25) is 14.4 Å². The molecular weight excluding hydrogens is 503 g/mol. The number of halogens is 1. The van der Waals surface area contributed by atoms with Gasteiger partial charge in [0, 0.05) is 15.7 Å². The molecule has 31 heavy (non-hydrogen) atoms. The highest BCUT2D eigenvalue weighted by atomic mass is 127. The minimum absolute atomic E-state index is 0.0325. The van der Waals surface area contributed by atoms with E-state index in [1.807, 2.05) is 61.5 Å². The Morgan fingerprint density at radius 3 is 2.39 bits per heavy atom. The third-order valence-corrected chi connectivity index (χ3v) is 6.02. The zero-order valence-corrected chi connectivity index (χ0v) is 19.2. The first-order chi connectivity index (χ1) is 14.9. The van der Waals surface area contributed by atoms with E-state index in [4.69, 9.17) is 0 Å². The molecular formula is C25H21IN2O3. The van der Waals surface area contributed by atoms with Gasteiger partial charge in [-0.1, -0.05) is 48.0 Å².